The molecule has 0 bridgehead atoms. The van der Waals surface area contributed by atoms with Gasteiger partial charge in [-0.15, -0.1) is 0 Å². The molecule has 3 aromatic rings. The smallest absolute Gasteiger partial charge is 0.328 e. The molecule has 0 unspecified atom stereocenters. The number of imide groups is 1. The Kier molecular flexibility index (Phi) is 5.48. The summed E-state index contributed by atoms with van der Waals surface area (Å²) in [6.45, 7) is 0.0132. The average Bonchev–Trinajstić information content (AvgIpc) is 3.01. The lowest BCUT2D eigenvalue weighted by atomic mass is 10.1. The molecular weight excluding hydrogens is 402 g/mol. The normalized spacial score (nSPS) is 13.0. The van der Waals surface area contributed by atoms with Gasteiger partial charge in [0.25, 0.3) is 17.4 Å². The second-order valence-electron chi connectivity index (χ2n) is 7.06. The number of H-pyrrole nitrogens is 1. The number of carbonyl (C=O) groups is 3. The lowest BCUT2D eigenvalue weighted by Gasteiger charge is -2.13. The van der Waals surface area contributed by atoms with Gasteiger partial charge in [-0.2, -0.15) is 0 Å². The Hall–Kier alpha value is -4.01. The molecule has 1 aliphatic heterocycles. The van der Waals surface area contributed by atoms with Crippen molar-refractivity contribution >= 4 is 28.7 Å². The number of rotatable bonds is 7. The number of aromatic nitrogens is 2. The van der Waals surface area contributed by atoms with Crippen molar-refractivity contribution in [2.45, 2.75) is 19.4 Å². The van der Waals surface area contributed by atoms with E-state index < -0.39 is 29.0 Å². The second-order valence-corrected chi connectivity index (χ2v) is 7.06. The minimum Gasteiger partial charge on any atom is -0.466 e. The fourth-order valence-electron chi connectivity index (χ4n) is 3.53. The molecule has 2 heterocycles. The van der Waals surface area contributed by atoms with Crippen LogP contribution in [-0.2, 0) is 16.1 Å². The molecule has 2 amide bonds. The van der Waals surface area contributed by atoms with Crippen LogP contribution in [0.25, 0.3) is 10.9 Å². The molecule has 158 valence electrons. The molecule has 4 rings (SSSR count). The number of hydrogen-bond donors (Lipinski definition) is 1. The van der Waals surface area contributed by atoms with Gasteiger partial charge in [0, 0.05) is 13.1 Å². The van der Waals surface area contributed by atoms with Crippen molar-refractivity contribution in [1.29, 1.82) is 0 Å². The Morgan fingerprint density at radius 2 is 1.52 bits per heavy atom. The topological polar surface area (TPSA) is 119 Å². The maximum Gasteiger partial charge on any atom is 0.328 e. The van der Waals surface area contributed by atoms with Crippen LogP contribution in [-0.4, -0.2) is 45.4 Å². The Labute approximate surface area is 175 Å². The highest BCUT2D eigenvalue weighted by Crippen LogP contribution is 2.22. The lowest BCUT2D eigenvalue weighted by molar-refractivity contribution is -0.143. The van der Waals surface area contributed by atoms with Crippen LogP contribution in [0.5, 0.6) is 0 Å². The van der Waals surface area contributed by atoms with E-state index in [2.05, 4.69) is 4.98 Å². The van der Waals surface area contributed by atoms with Crippen molar-refractivity contribution in [2.24, 2.45) is 0 Å². The van der Waals surface area contributed by atoms with E-state index in [9.17, 15) is 24.0 Å². The molecular formula is C22H19N3O6. The molecule has 9 heteroatoms. The molecule has 1 aromatic heterocycles. The van der Waals surface area contributed by atoms with Crippen LogP contribution in [0, 0.1) is 0 Å². The highest BCUT2D eigenvalue weighted by molar-refractivity contribution is 6.21. The van der Waals surface area contributed by atoms with E-state index in [0.717, 1.165) is 9.47 Å². The number of hydrogen-bond acceptors (Lipinski definition) is 6. The molecule has 2 aromatic carbocycles. The summed E-state index contributed by atoms with van der Waals surface area (Å²) in [5.41, 5.74) is 0.184. The standard InChI is InChI=1S/C22H19N3O6/c26-18(10-12-24-19(27)14-6-1-2-7-15(14)20(24)28)31-13-5-11-25-21(29)16-8-3-4-9-17(16)23-22(25)30/h1-4,6-9H,5,10-13H2,(H,23,30). The van der Waals surface area contributed by atoms with Crippen molar-refractivity contribution < 1.29 is 19.1 Å². The Morgan fingerprint density at radius 1 is 0.871 bits per heavy atom. The third-order valence-corrected chi connectivity index (χ3v) is 5.10. The molecule has 0 spiro atoms. The quantitative estimate of drug-likeness (QED) is 0.349. The summed E-state index contributed by atoms with van der Waals surface area (Å²) in [5, 5.41) is 0.403. The van der Waals surface area contributed by atoms with Crippen molar-refractivity contribution in [3.8, 4) is 0 Å². The van der Waals surface area contributed by atoms with E-state index in [1.807, 2.05) is 0 Å². The predicted molar refractivity (Wildman–Crippen MR) is 111 cm³/mol. The van der Waals surface area contributed by atoms with Gasteiger partial charge in [0.1, 0.15) is 0 Å². The van der Waals surface area contributed by atoms with Gasteiger partial charge in [-0.05, 0) is 30.7 Å². The first-order chi connectivity index (χ1) is 15.0. The minimum atomic E-state index is -0.573. The number of amides is 2. The zero-order valence-electron chi connectivity index (χ0n) is 16.5. The molecule has 31 heavy (non-hydrogen) atoms. The molecule has 1 aliphatic rings. The van der Waals surface area contributed by atoms with Gasteiger partial charge in [-0.1, -0.05) is 24.3 Å². The van der Waals surface area contributed by atoms with Gasteiger partial charge in [0.2, 0.25) is 0 Å². The van der Waals surface area contributed by atoms with Crippen LogP contribution in [0.15, 0.2) is 58.1 Å². The average molecular weight is 421 g/mol. The van der Waals surface area contributed by atoms with Crippen LogP contribution in [0.1, 0.15) is 33.6 Å². The van der Waals surface area contributed by atoms with Crippen molar-refractivity contribution in [3.05, 3.63) is 80.5 Å². The van der Waals surface area contributed by atoms with Gasteiger partial charge in [0.15, 0.2) is 0 Å². The number of benzene rings is 2. The van der Waals surface area contributed by atoms with E-state index in [0.29, 0.717) is 22.0 Å². The van der Waals surface area contributed by atoms with Crippen LogP contribution in [0.3, 0.4) is 0 Å². The molecule has 0 radical (unpaired) electrons. The minimum absolute atomic E-state index is 0.000339. The van der Waals surface area contributed by atoms with Gasteiger partial charge in [-0.25, -0.2) is 4.79 Å². The van der Waals surface area contributed by atoms with Gasteiger partial charge in [-0.3, -0.25) is 28.6 Å². The Morgan fingerprint density at radius 3 is 2.23 bits per heavy atom. The number of aromatic amines is 1. The summed E-state index contributed by atoms with van der Waals surface area (Å²) in [7, 11) is 0. The van der Waals surface area contributed by atoms with E-state index in [1.165, 1.54) is 0 Å². The van der Waals surface area contributed by atoms with Crippen molar-refractivity contribution in [3.63, 3.8) is 0 Å². The van der Waals surface area contributed by atoms with Gasteiger partial charge < -0.3 is 9.72 Å². The molecule has 0 atom stereocenters. The van der Waals surface area contributed by atoms with E-state index >= 15 is 0 Å². The number of nitrogens with zero attached hydrogens (tertiary/aromatic N) is 2. The Balaban J connectivity index is 1.28. The first-order valence-corrected chi connectivity index (χ1v) is 9.80. The van der Waals surface area contributed by atoms with Crippen molar-refractivity contribution in [1.82, 2.24) is 14.5 Å². The molecule has 0 saturated heterocycles. The SMILES string of the molecule is O=C(CCN1C(=O)c2ccccc2C1=O)OCCCn1c(=O)[nH]c2ccccc2c1=O. The number of esters is 1. The van der Waals surface area contributed by atoms with E-state index in [4.69, 9.17) is 4.74 Å². The number of ether oxygens (including phenoxy) is 1. The molecule has 9 nitrogen and oxygen atoms in total. The van der Waals surface area contributed by atoms with Crippen LogP contribution < -0.4 is 11.2 Å². The maximum atomic E-state index is 12.4. The fourth-order valence-corrected chi connectivity index (χ4v) is 3.53. The number of para-hydroxylation sites is 1. The predicted octanol–water partition coefficient (Wildman–Crippen LogP) is 1.31. The van der Waals surface area contributed by atoms with E-state index in [-0.39, 0.29) is 32.5 Å². The zero-order chi connectivity index (χ0) is 22.0. The lowest BCUT2D eigenvalue weighted by Crippen LogP contribution is -2.35. The second kappa shape index (κ2) is 8.39. The molecule has 0 aliphatic carbocycles. The summed E-state index contributed by atoms with van der Waals surface area (Å²) >= 11 is 0. The van der Waals surface area contributed by atoms with Gasteiger partial charge in [0.05, 0.1) is 35.1 Å². The summed E-state index contributed by atoms with van der Waals surface area (Å²) in [5.74, 6) is -1.43. The first kappa shape index (κ1) is 20.3. The molecule has 1 N–H and O–H groups in total. The maximum absolute atomic E-state index is 12.4. The summed E-state index contributed by atoms with van der Waals surface area (Å²) in [4.78, 5) is 64.8. The van der Waals surface area contributed by atoms with E-state index in [1.54, 1.807) is 48.5 Å². The van der Waals surface area contributed by atoms with Crippen LogP contribution >= 0.6 is 0 Å². The zero-order valence-corrected chi connectivity index (χ0v) is 16.5. The third kappa shape index (κ3) is 3.89. The van der Waals surface area contributed by atoms with Crippen LogP contribution in [0.2, 0.25) is 0 Å². The summed E-state index contributed by atoms with van der Waals surface area (Å²) in [6.07, 6.45) is 0.127. The third-order valence-electron chi connectivity index (χ3n) is 5.10. The number of carbonyl (C=O) groups excluding carboxylic acids is 3. The summed E-state index contributed by atoms with van der Waals surface area (Å²) in [6, 6.07) is 13.2. The number of nitrogens with one attached hydrogen (secondary N) is 1. The summed E-state index contributed by atoms with van der Waals surface area (Å²) < 4.78 is 6.19. The van der Waals surface area contributed by atoms with Gasteiger partial charge >= 0.3 is 11.7 Å². The number of fused-ring (bicyclic) bond motifs is 2. The van der Waals surface area contributed by atoms with Crippen LogP contribution in [0.4, 0.5) is 0 Å². The molecule has 0 saturated carbocycles. The monoisotopic (exact) mass is 421 g/mol. The highest BCUT2D eigenvalue weighted by Gasteiger charge is 2.35. The largest absolute Gasteiger partial charge is 0.466 e. The highest BCUT2D eigenvalue weighted by atomic mass is 16.5. The van der Waals surface area contributed by atoms with Crippen molar-refractivity contribution in [2.75, 3.05) is 13.2 Å². The fraction of sp³-hybridized carbons (Fsp3) is 0.227. The first-order valence-electron chi connectivity index (χ1n) is 9.80. The Bertz CT molecular complexity index is 1270. The molecule has 0 fully saturated rings.